The summed E-state index contributed by atoms with van der Waals surface area (Å²) in [6.45, 7) is 11.5. The van der Waals surface area contributed by atoms with Crippen molar-refractivity contribution in [2.75, 3.05) is 27.1 Å². The smallest absolute Gasteiger partial charge is 0.308 e. The Morgan fingerprint density at radius 3 is 2.23 bits per heavy atom. The number of benzene rings is 2. The van der Waals surface area contributed by atoms with Crippen molar-refractivity contribution in [1.29, 1.82) is 0 Å². The Balaban J connectivity index is 1.74. The van der Waals surface area contributed by atoms with Gasteiger partial charge in [-0.3, -0.25) is 4.79 Å². The van der Waals surface area contributed by atoms with Gasteiger partial charge in [-0.25, -0.2) is 0 Å². The molecule has 220 valence electrons. The van der Waals surface area contributed by atoms with Crippen molar-refractivity contribution >= 4 is 24.7 Å². The van der Waals surface area contributed by atoms with Crippen molar-refractivity contribution in [2.45, 2.75) is 83.3 Å². The highest BCUT2D eigenvalue weighted by molar-refractivity contribution is 6.99. The van der Waals surface area contributed by atoms with E-state index in [2.05, 4.69) is 69.3 Å². The van der Waals surface area contributed by atoms with E-state index in [-0.39, 0.29) is 30.3 Å². The second kappa shape index (κ2) is 15.1. The van der Waals surface area contributed by atoms with E-state index in [9.17, 15) is 9.90 Å². The fourth-order valence-electron chi connectivity index (χ4n) is 5.51. The Labute approximate surface area is 240 Å². The molecule has 2 aromatic carbocycles. The molecule has 1 fully saturated rings. The third-order valence-corrected chi connectivity index (χ3v) is 12.4. The minimum absolute atomic E-state index is 0.0817. The van der Waals surface area contributed by atoms with Gasteiger partial charge in [-0.2, -0.15) is 0 Å². The van der Waals surface area contributed by atoms with Crippen LogP contribution in [-0.2, 0) is 28.2 Å². The molecule has 0 amide bonds. The summed E-state index contributed by atoms with van der Waals surface area (Å²) in [5.74, 6) is -0.319. The van der Waals surface area contributed by atoms with Gasteiger partial charge in [0.2, 0.25) is 0 Å². The lowest BCUT2D eigenvalue weighted by Crippen LogP contribution is -2.66. The Hall–Kier alpha value is -2.33. The zero-order valence-electron chi connectivity index (χ0n) is 24.8. The quantitative estimate of drug-likeness (QED) is 0.156. The molecule has 1 heterocycles. The highest BCUT2D eigenvalue weighted by Gasteiger charge is 2.50. The zero-order chi connectivity index (χ0) is 29.2. The Morgan fingerprint density at radius 2 is 1.70 bits per heavy atom. The van der Waals surface area contributed by atoms with E-state index in [1.807, 2.05) is 25.1 Å². The lowest BCUT2D eigenvalue weighted by molar-refractivity contribution is -0.147. The number of rotatable bonds is 14. The van der Waals surface area contributed by atoms with Crippen LogP contribution in [0.5, 0.6) is 0 Å². The number of aliphatic hydroxyl groups excluding tert-OH is 1. The molecule has 40 heavy (non-hydrogen) atoms. The van der Waals surface area contributed by atoms with Crippen molar-refractivity contribution in [2.24, 2.45) is 0 Å². The summed E-state index contributed by atoms with van der Waals surface area (Å²) < 4.78 is 29.0. The van der Waals surface area contributed by atoms with Crippen molar-refractivity contribution in [1.82, 2.24) is 0 Å². The first kappa shape index (κ1) is 32.2. The van der Waals surface area contributed by atoms with Crippen LogP contribution in [0.3, 0.4) is 0 Å². The number of carbonyl (C=O) groups is 1. The van der Waals surface area contributed by atoms with Crippen LogP contribution in [0.15, 0.2) is 72.3 Å². The molecule has 0 spiro atoms. The maximum atomic E-state index is 12.0. The number of carbonyl (C=O) groups excluding carboxylic acids is 1. The molecule has 2 aromatic rings. The van der Waals surface area contributed by atoms with Crippen LogP contribution in [0.2, 0.25) is 5.04 Å². The second-order valence-electron chi connectivity index (χ2n) is 11.3. The molecule has 0 unspecified atom stereocenters. The SMILES string of the molecule is CCOC(=O)C[C@@H]1C[C@H](OCOC)[C@H]([C@@H](O)/C=C(\C)CCO[Si](c2ccccc2)(c2ccccc2)C(C)(C)C)O1. The lowest BCUT2D eigenvalue weighted by atomic mass is 10.0. The van der Waals surface area contributed by atoms with Crippen LogP contribution >= 0.6 is 0 Å². The predicted molar refractivity (Wildman–Crippen MR) is 159 cm³/mol. The van der Waals surface area contributed by atoms with Crippen molar-refractivity contribution in [3.05, 3.63) is 72.3 Å². The molecule has 0 saturated carbocycles. The van der Waals surface area contributed by atoms with Gasteiger partial charge < -0.3 is 28.5 Å². The summed E-state index contributed by atoms with van der Waals surface area (Å²) in [6, 6.07) is 21.1. The molecule has 4 atom stereocenters. The van der Waals surface area contributed by atoms with Gasteiger partial charge in [-0.05, 0) is 35.7 Å². The molecule has 1 N–H and O–H groups in total. The number of hydrogen-bond acceptors (Lipinski definition) is 7. The number of ether oxygens (including phenoxy) is 4. The molecule has 0 aliphatic carbocycles. The van der Waals surface area contributed by atoms with E-state index in [1.165, 1.54) is 10.4 Å². The van der Waals surface area contributed by atoms with Gasteiger partial charge in [-0.1, -0.05) is 93.1 Å². The number of aliphatic hydroxyl groups is 1. The van der Waals surface area contributed by atoms with Crippen molar-refractivity contribution < 1.29 is 33.3 Å². The van der Waals surface area contributed by atoms with Crippen molar-refractivity contribution in [3.63, 3.8) is 0 Å². The van der Waals surface area contributed by atoms with Crippen LogP contribution in [0.4, 0.5) is 0 Å². The number of esters is 1. The molecule has 1 saturated heterocycles. The zero-order valence-corrected chi connectivity index (χ0v) is 25.8. The standard InChI is InChI=1S/C32H46O7Si/c1-7-36-30(34)22-25-21-29(37-23-35-6)31(39-25)28(33)20-24(2)18-19-38-40(32(3,4)5,26-14-10-8-11-15-26)27-16-12-9-13-17-27/h8-17,20,25,28-29,31,33H,7,18-19,21-23H2,1-6H3/b24-20+/t25-,28-,29-,31-/m0/s1. The first-order valence-corrected chi connectivity index (χ1v) is 16.0. The highest BCUT2D eigenvalue weighted by Crippen LogP contribution is 2.37. The van der Waals surface area contributed by atoms with Gasteiger partial charge in [0.05, 0.1) is 25.2 Å². The third kappa shape index (κ3) is 8.12. The fraction of sp³-hybridized carbons (Fsp3) is 0.531. The minimum Gasteiger partial charge on any atom is -0.466 e. The van der Waals surface area contributed by atoms with Crippen LogP contribution in [0.1, 0.15) is 53.9 Å². The van der Waals surface area contributed by atoms with E-state index >= 15 is 0 Å². The summed E-state index contributed by atoms with van der Waals surface area (Å²) >= 11 is 0. The van der Waals surface area contributed by atoms with E-state index < -0.39 is 26.6 Å². The summed E-state index contributed by atoms with van der Waals surface area (Å²) in [4.78, 5) is 12.0. The van der Waals surface area contributed by atoms with Crippen LogP contribution in [0, 0.1) is 0 Å². The molecule has 3 rings (SSSR count). The Bertz CT molecular complexity index is 1030. The molecule has 0 bridgehead atoms. The van der Waals surface area contributed by atoms with Gasteiger partial charge >= 0.3 is 5.97 Å². The predicted octanol–water partition coefficient (Wildman–Crippen LogP) is 4.36. The Kier molecular flexibility index (Phi) is 12.1. The Morgan fingerprint density at radius 1 is 1.10 bits per heavy atom. The molecule has 1 aliphatic heterocycles. The maximum absolute atomic E-state index is 12.0. The fourth-order valence-corrected chi connectivity index (χ4v) is 10.1. The third-order valence-electron chi connectivity index (χ3n) is 7.33. The highest BCUT2D eigenvalue weighted by atomic mass is 28.4. The van der Waals surface area contributed by atoms with Gasteiger partial charge in [0, 0.05) is 20.1 Å². The summed E-state index contributed by atoms with van der Waals surface area (Å²) in [7, 11) is -1.08. The molecule has 7 nitrogen and oxygen atoms in total. The molecule has 1 aliphatic rings. The van der Waals surface area contributed by atoms with Gasteiger partial charge in [0.1, 0.15) is 19.0 Å². The minimum atomic E-state index is -2.63. The maximum Gasteiger partial charge on any atom is 0.308 e. The lowest BCUT2D eigenvalue weighted by Gasteiger charge is -2.43. The molecular weight excluding hydrogens is 524 g/mol. The monoisotopic (exact) mass is 570 g/mol. The van der Waals surface area contributed by atoms with E-state index in [0.717, 1.165) is 5.57 Å². The number of hydrogen-bond donors (Lipinski definition) is 1. The molecule has 8 heteroatoms. The average Bonchev–Trinajstić information content (AvgIpc) is 3.32. The van der Waals surface area contributed by atoms with E-state index in [1.54, 1.807) is 14.0 Å². The molecule has 0 aromatic heterocycles. The van der Waals surface area contributed by atoms with Crippen LogP contribution < -0.4 is 10.4 Å². The molecule has 0 radical (unpaired) electrons. The van der Waals surface area contributed by atoms with E-state index in [0.29, 0.717) is 26.1 Å². The van der Waals surface area contributed by atoms with E-state index in [4.69, 9.17) is 23.4 Å². The van der Waals surface area contributed by atoms with Gasteiger partial charge in [0.25, 0.3) is 8.32 Å². The van der Waals surface area contributed by atoms with Crippen LogP contribution in [0.25, 0.3) is 0 Å². The summed E-state index contributed by atoms with van der Waals surface area (Å²) in [5, 5.41) is 13.5. The molecular formula is C32H46O7Si. The summed E-state index contributed by atoms with van der Waals surface area (Å²) in [6.07, 6.45) is 0.787. The second-order valence-corrected chi connectivity index (χ2v) is 15.7. The first-order chi connectivity index (χ1) is 19.1. The largest absolute Gasteiger partial charge is 0.466 e. The first-order valence-electron chi connectivity index (χ1n) is 14.1. The average molecular weight is 571 g/mol. The topological polar surface area (TPSA) is 83.5 Å². The summed E-state index contributed by atoms with van der Waals surface area (Å²) in [5.41, 5.74) is 0.994. The van der Waals surface area contributed by atoms with Gasteiger partial charge in [0.15, 0.2) is 0 Å². The normalized spacial score (nSPS) is 20.9. The number of methoxy groups -OCH3 is 1. The van der Waals surface area contributed by atoms with Gasteiger partial charge in [-0.15, -0.1) is 0 Å². The van der Waals surface area contributed by atoms with Crippen LogP contribution in [-0.4, -0.2) is 70.9 Å². The van der Waals surface area contributed by atoms with Crippen molar-refractivity contribution in [3.8, 4) is 0 Å².